The molecular formula is C19H22ClN3O4. The maximum atomic E-state index is 13.3. The van der Waals surface area contributed by atoms with Crippen molar-refractivity contribution in [3.8, 4) is 0 Å². The van der Waals surface area contributed by atoms with Gasteiger partial charge in [-0.15, -0.1) is 0 Å². The highest BCUT2D eigenvalue weighted by molar-refractivity contribution is 6.35. The SMILES string of the molecule is CC[C@H](C)N1C(=O)[C@@H]2[C@@H]([C@H](C)O)N[C@@]3(C(=O)Nc4c(Cl)cccc43)[C@@H]2C1=O. The number of hydrogen-bond acceptors (Lipinski definition) is 5. The van der Waals surface area contributed by atoms with Crippen LogP contribution in [0.2, 0.25) is 5.02 Å². The maximum Gasteiger partial charge on any atom is 0.250 e. The molecule has 4 rings (SSSR count). The Labute approximate surface area is 162 Å². The molecule has 0 radical (unpaired) electrons. The summed E-state index contributed by atoms with van der Waals surface area (Å²) < 4.78 is 0. The Bertz CT molecular complexity index is 857. The maximum absolute atomic E-state index is 13.3. The van der Waals surface area contributed by atoms with Crippen molar-refractivity contribution >= 4 is 35.0 Å². The molecular weight excluding hydrogens is 370 g/mol. The van der Waals surface area contributed by atoms with Crippen molar-refractivity contribution in [3.05, 3.63) is 28.8 Å². The Kier molecular flexibility index (Phi) is 4.10. The first-order chi connectivity index (χ1) is 12.8. The molecule has 0 aliphatic carbocycles. The largest absolute Gasteiger partial charge is 0.392 e. The number of halogens is 1. The number of amides is 3. The van der Waals surface area contributed by atoms with Crippen LogP contribution in [0.3, 0.4) is 0 Å². The number of aliphatic hydroxyl groups excluding tert-OH is 1. The van der Waals surface area contributed by atoms with Gasteiger partial charge in [0.05, 0.1) is 28.6 Å². The van der Waals surface area contributed by atoms with Crippen LogP contribution in [-0.4, -0.2) is 45.9 Å². The summed E-state index contributed by atoms with van der Waals surface area (Å²) in [6, 6.07) is 4.12. The molecule has 144 valence electrons. The Hall–Kier alpha value is -1.96. The number of nitrogens with one attached hydrogen (secondary N) is 2. The van der Waals surface area contributed by atoms with E-state index >= 15 is 0 Å². The number of para-hydroxylation sites is 1. The minimum atomic E-state index is -1.42. The molecule has 3 heterocycles. The van der Waals surface area contributed by atoms with Gasteiger partial charge >= 0.3 is 0 Å². The van der Waals surface area contributed by atoms with Gasteiger partial charge < -0.3 is 10.4 Å². The van der Waals surface area contributed by atoms with E-state index in [9.17, 15) is 19.5 Å². The summed E-state index contributed by atoms with van der Waals surface area (Å²) in [4.78, 5) is 40.9. The molecule has 2 fully saturated rings. The fourth-order valence-electron chi connectivity index (χ4n) is 4.78. The minimum Gasteiger partial charge on any atom is -0.392 e. The third-order valence-corrected chi connectivity index (χ3v) is 6.53. The standard InChI is InChI=1S/C19H22ClN3O4/c1-4-8(2)23-16(25)12-13(17(23)26)19(22-14(12)9(3)24)10-6-5-7-11(20)15(10)21-18(19)27/h5-9,12-14,22,24H,4H2,1-3H3,(H,21,27)/t8-,9-,12-,13-,14+,19+/m0/s1. The molecule has 2 saturated heterocycles. The van der Waals surface area contributed by atoms with Crippen molar-refractivity contribution in [3.63, 3.8) is 0 Å². The molecule has 8 heteroatoms. The first-order valence-electron chi connectivity index (χ1n) is 9.18. The number of nitrogens with zero attached hydrogens (tertiary/aromatic N) is 1. The second kappa shape index (κ2) is 6.02. The second-order valence-electron chi connectivity index (χ2n) is 7.64. The van der Waals surface area contributed by atoms with E-state index in [2.05, 4.69) is 10.6 Å². The van der Waals surface area contributed by atoms with E-state index < -0.39 is 35.4 Å². The highest BCUT2D eigenvalue weighted by atomic mass is 35.5. The molecule has 1 aromatic carbocycles. The summed E-state index contributed by atoms with van der Waals surface area (Å²) in [6.45, 7) is 5.27. The number of anilines is 1. The second-order valence-corrected chi connectivity index (χ2v) is 8.05. The molecule has 3 N–H and O–H groups in total. The molecule has 3 amide bonds. The van der Waals surface area contributed by atoms with Gasteiger partial charge in [-0.1, -0.05) is 30.7 Å². The molecule has 3 aliphatic heterocycles. The van der Waals surface area contributed by atoms with Crippen LogP contribution in [0, 0.1) is 11.8 Å². The zero-order valence-electron chi connectivity index (χ0n) is 15.3. The predicted molar refractivity (Wildman–Crippen MR) is 99.0 cm³/mol. The van der Waals surface area contributed by atoms with Crippen LogP contribution in [0.5, 0.6) is 0 Å². The summed E-state index contributed by atoms with van der Waals surface area (Å²) in [5.41, 5.74) is -0.421. The molecule has 1 aromatic rings. The van der Waals surface area contributed by atoms with Crippen molar-refractivity contribution in [1.29, 1.82) is 0 Å². The summed E-state index contributed by atoms with van der Waals surface area (Å²) in [5.74, 6) is -2.85. The fourth-order valence-corrected chi connectivity index (χ4v) is 5.00. The van der Waals surface area contributed by atoms with Crippen molar-refractivity contribution in [2.24, 2.45) is 11.8 Å². The third kappa shape index (κ3) is 2.19. The molecule has 1 spiro atoms. The van der Waals surface area contributed by atoms with Crippen LogP contribution < -0.4 is 10.6 Å². The number of rotatable bonds is 3. The number of likely N-dealkylation sites (tertiary alicyclic amines) is 1. The van der Waals surface area contributed by atoms with Crippen molar-refractivity contribution in [2.45, 2.75) is 50.9 Å². The van der Waals surface area contributed by atoms with Crippen LogP contribution in [0.4, 0.5) is 5.69 Å². The Balaban J connectivity index is 1.92. The van der Waals surface area contributed by atoms with Gasteiger partial charge in [0.2, 0.25) is 17.7 Å². The summed E-state index contributed by atoms with van der Waals surface area (Å²) in [7, 11) is 0. The van der Waals surface area contributed by atoms with Gasteiger partial charge in [0.15, 0.2) is 0 Å². The number of carbonyl (C=O) groups is 3. The van der Waals surface area contributed by atoms with Gasteiger partial charge in [-0.05, 0) is 26.3 Å². The van der Waals surface area contributed by atoms with Gasteiger partial charge in [-0.2, -0.15) is 0 Å². The van der Waals surface area contributed by atoms with E-state index in [1.807, 2.05) is 13.8 Å². The molecule has 6 atom stereocenters. The number of imide groups is 1. The predicted octanol–water partition coefficient (Wildman–Crippen LogP) is 1.24. The summed E-state index contributed by atoms with van der Waals surface area (Å²) in [5, 5.41) is 16.6. The van der Waals surface area contributed by atoms with E-state index in [-0.39, 0.29) is 17.9 Å². The average Bonchev–Trinajstić information content (AvgIpc) is 3.21. The Morgan fingerprint density at radius 1 is 1.26 bits per heavy atom. The zero-order chi connectivity index (χ0) is 19.7. The van der Waals surface area contributed by atoms with Gasteiger partial charge in [0.1, 0.15) is 5.54 Å². The zero-order valence-corrected chi connectivity index (χ0v) is 16.1. The quantitative estimate of drug-likeness (QED) is 0.673. The van der Waals surface area contributed by atoms with E-state index in [1.165, 1.54) is 4.90 Å². The molecule has 0 bridgehead atoms. The topological polar surface area (TPSA) is 98.7 Å². The lowest BCUT2D eigenvalue weighted by molar-refractivity contribution is -0.145. The highest BCUT2D eigenvalue weighted by Crippen LogP contribution is 2.54. The van der Waals surface area contributed by atoms with Crippen molar-refractivity contribution < 1.29 is 19.5 Å². The fraction of sp³-hybridized carbons (Fsp3) is 0.526. The normalized spacial score (nSPS) is 34.0. The number of benzene rings is 1. The van der Waals surface area contributed by atoms with Crippen LogP contribution in [0.1, 0.15) is 32.8 Å². The van der Waals surface area contributed by atoms with E-state index in [0.717, 1.165) is 0 Å². The number of hydrogen-bond donors (Lipinski definition) is 3. The Morgan fingerprint density at radius 3 is 2.59 bits per heavy atom. The summed E-state index contributed by atoms with van der Waals surface area (Å²) >= 11 is 6.25. The van der Waals surface area contributed by atoms with Crippen LogP contribution in [0.15, 0.2) is 18.2 Å². The molecule has 7 nitrogen and oxygen atoms in total. The third-order valence-electron chi connectivity index (χ3n) is 6.22. The minimum absolute atomic E-state index is 0.273. The van der Waals surface area contributed by atoms with Crippen LogP contribution >= 0.6 is 11.6 Å². The molecule has 27 heavy (non-hydrogen) atoms. The molecule has 0 unspecified atom stereocenters. The van der Waals surface area contributed by atoms with E-state index in [1.54, 1.807) is 25.1 Å². The smallest absolute Gasteiger partial charge is 0.250 e. The first-order valence-corrected chi connectivity index (χ1v) is 9.56. The Morgan fingerprint density at radius 2 is 1.96 bits per heavy atom. The van der Waals surface area contributed by atoms with E-state index in [4.69, 9.17) is 11.6 Å². The monoisotopic (exact) mass is 391 g/mol. The van der Waals surface area contributed by atoms with Gasteiger partial charge in [0, 0.05) is 17.6 Å². The van der Waals surface area contributed by atoms with E-state index in [0.29, 0.717) is 22.7 Å². The highest BCUT2D eigenvalue weighted by Gasteiger charge is 2.71. The van der Waals surface area contributed by atoms with Crippen LogP contribution in [0.25, 0.3) is 0 Å². The molecule has 0 aromatic heterocycles. The number of fused-ring (bicyclic) bond motifs is 4. The lowest BCUT2D eigenvalue weighted by Gasteiger charge is -2.31. The number of carbonyl (C=O) groups excluding carboxylic acids is 3. The first kappa shape index (κ1) is 18.4. The van der Waals surface area contributed by atoms with Gasteiger partial charge in [-0.25, -0.2) is 0 Å². The van der Waals surface area contributed by atoms with Crippen molar-refractivity contribution in [2.75, 3.05) is 5.32 Å². The molecule has 3 aliphatic rings. The lowest BCUT2D eigenvalue weighted by atomic mass is 9.76. The van der Waals surface area contributed by atoms with Crippen LogP contribution in [-0.2, 0) is 19.9 Å². The van der Waals surface area contributed by atoms with Gasteiger partial charge in [0.25, 0.3) is 0 Å². The van der Waals surface area contributed by atoms with Gasteiger partial charge in [-0.3, -0.25) is 24.6 Å². The average molecular weight is 392 g/mol. The summed E-state index contributed by atoms with van der Waals surface area (Å²) in [6.07, 6.45) is -0.299. The molecule has 0 saturated carbocycles. The lowest BCUT2D eigenvalue weighted by Crippen LogP contribution is -2.55. The number of aliphatic hydroxyl groups is 1. The van der Waals surface area contributed by atoms with Crippen molar-refractivity contribution in [1.82, 2.24) is 10.2 Å².